The zero-order chi connectivity index (χ0) is 14.8. The molecule has 6 heteroatoms. The highest BCUT2D eigenvalue weighted by Gasteiger charge is 2.36. The lowest BCUT2D eigenvalue weighted by Gasteiger charge is -2.36. The van der Waals surface area contributed by atoms with Gasteiger partial charge in [-0.3, -0.25) is 9.69 Å². The Morgan fingerprint density at radius 1 is 1.25 bits per heavy atom. The van der Waals surface area contributed by atoms with Crippen LogP contribution < -0.4 is 11.5 Å². The van der Waals surface area contributed by atoms with Crippen LogP contribution in [0.2, 0.25) is 0 Å². The fourth-order valence-electron chi connectivity index (χ4n) is 2.24. The third kappa shape index (κ3) is 2.96. The second-order valence-corrected chi connectivity index (χ2v) is 5.15. The quantitative estimate of drug-likeness (QED) is 0.853. The van der Waals surface area contributed by atoms with Gasteiger partial charge in [0.1, 0.15) is 5.66 Å². The van der Waals surface area contributed by atoms with Crippen molar-refractivity contribution in [2.24, 2.45) is 21.5 Å². The minimum atomic E-state index is -0.802. The normalized spacial score (nSPS) is 17.4. The van der Waals surface area contributed by atoms with Crippen molar-refractivity contribution in [1.29, 1.82) is 0 Å². The first-order valence-corrected chi connectivity index (χ1v) is 6.46. The number of hydrogen-bond donors (Lipinski definition) is 2. The minimum absolute atomic E-state index is 0.0969. The topological polar surface area (TPSA) is 97.1 Å². The van der Waals surface area contributed by atoms with Crippen LogP contribution in [-0.2, 0) is 11.2 Å². The maximum Gasteiger partial charge on any atom is 0.231 e. The first-order valence-electron chi connectivity index (χ1n) is 6.46. The largest absolute Gasteiger partial charge is 0.369 e. The van der Waals surface area contributed by atoms with E-state index in [1.807, 2.05) is 30.3 Å². The molecule has 1 heterocycles. The number of aliphatic imine (C=N–C) groups is 2. The van der Waals surface area contributed by atoms with Crippen LogP contribution in [0.25, 0.3) is 0 Å². The summed E-state index contributed by atoms with van der Waals surface area (Å²) in [4.78, 5) is 21.8. The maximum atomic E-state index is 12.4. The zero-order valence-corrected chi connectivity index (χ0v) is 11.7. The number of carbonyl (C=O) groups excluding carboxylic acids is 1. The Bertz CT molecular complexity index is 562. The molecule has 0 spiro atoms. The van der Waals surface area contributed by atoms with Gasteiger partial charge in [-0.15, -0.1) is 0 Å². The van der Waals surface area contributed by atoms with Gasteiger partial charge in [0, 0.05) is 6.42 Å². The lowest BCUT2D eigenvalue weighted by Crippen LogP contribution is -2.56. The standard InChI is InChI=1S/C14H19N5O/c1-14(2)18-12(15)17-13(16)19(14)11(20)9-8-10-6-4-3-5-7-10/h3-7H,8-9H2,1-2H3,(H4,15,16,17,18). The van der Waals surface area contributed by atoms with Gasteiger partial charge in [-0.05, 0) is 25.8 Å². The molecule has 1 amide bonds. The van der Waals surface area contributed by atoms with Crippen LogP contribution in [0.4, 0.5) is 0 Å². The van der Waals surface area contributed by atoms with Crippen LogP contribution in [0.3, 0.4) is 0 Å². The summed E-state index contributed by atoms with van der Waals surface area (Å²) >= 11 is 0. The molecular formula is C14H19N5O. The van der Waals surface area contributed by atoms with Crippen molar-refractivity contribution in [3.8, 4) is 0 Å². The fraction of sp³-hybridized carbons (Fsp3) is 0.357. The predicted octanol–water partition coefficient (Wildman–Crippen LogP) is 0.827. The van der Waals surface area contributed by atoms with Crippen molar-refractivity contribution < 1.29 is 4.79 Å². The first kappa shape index (κ1) is 14.0. The number of amides is 1. The molecule has 1 aliphatic rings. The maximum absolute atomic E-state index is 12.4. The average molecular weight is 273 g/mol. The molecule has 0 radical (unpaired) electrons. The van der Waals surface area contributed by atoms with Crippen molar-refractivity contribution in [3.63, 3.8) is 0 Å². The predicted molar refractivity (Wildman–Crippen MR) is 78.9 cm³/mol. The van der Waals surface area contributed by atoms with Crippen molar-refractivity contribution in [3.05, 3.63) is 35.9 Å². The third-order valence-corrected chi connectivity index (χ3v) is 3.11. The van der Waals surface area contributed by atoms with Crippen LogP contribution in [0.15, 0.2) is 40.3 Å². The minimum Gasteiger partial charge on any atom is -0.369 e. The molecule has 0 unspecified atom stereocenters. The Kier molecular flexibility index (Phi) is 3.74. The molecule has 106 valence electrons. The lowest BCUT2D eigenvalue weighted by molar-refractivity contribution is -0.131. The molecule has 0 bridgehead atoms. The molecule has 1 aromatic carbocycles. The summed E-state index contributed by atoms with van der Waals surface area (Å²) < 4.78 is 0. The SMILES string of the molecule is CC1(C)N=C(N)N=C(N)N1C(=O)CCc1ccccc1. The summed E-state index contributed by atoms with van der Waals surface area (Å²) in [5.41, 5.74) is 11.7. The summed E-state index contributed by atoms with van der Waals surface area (Å²) in [5.74, 6) is 0.0801. The van der Waals surface area contributed by atoms with E-state index >= 15 is 0 Å². The highest BCUT2D eigenvalue weighted by atomic mass is 16.2. The van der Waals surface area contributed by atoms with E-state index in [1.54, 1.807) is 13.8 Å². The van der Waals surface area contributed by atoms with Crippen molar-refractivity contribution in [2.75, 3.05) is 0 Å². The van der Waals surface area contributed by atoms with Gasteiger partial charge < -0.3 is 11.5 Å². The van der Waals surface area contributed by atoms with Crippen LogP contribution in [0.1, 0.15) is 25.8 Å². The number of nitrogens with zero attached hydrogens (tertiary/aromatic N) is 3. The van der Waals surface area contributed by atoms with Crippen LogP contribution in [0.5, 0.6) is 0 Å². The van der Waals surface area contributed by atoms with Gasteiger partial charge >= 0.3 is 0 Å². The van der Waals surface area contributed by atoms with Gasteiger partial charge in [0.05, 0.1) is 0 Å². The summed E-state index contributed by atoms with van der Waals surface area (Å²) in [6.07, 6.45) is 0.998. The van der Waals surface area contributed by atoms with Gasteiger partial charge in [0.25, 0.3) is 0 Å². The summed E-state index contributed by atoms with van der Waals surface area (Å²) in [6, 6.07) is 9.82. The molecule has 0 aromatic heterocycles. The molecule has 1 aliphatic heterocycles. The molecular weight excluding hydrogens is 254 g/mol. The number of benzene rings is 1. The Balaban J connectivity index is 2.08. The Hall–Kier alpha value is -2.37. The van der Waals surface area contributed by atoms with Crippen LogP contribution >= 0.6 is 0 Å². The van der Waals surface area contributed by atoms with E-state index in [0.717, 1.165) is 5.56 Å². The van der Waals surface area contributed by atoms with Crippen molar-refractivity contribution in [2.45, 2.75) is 32.4 Å². The summed E-state index contributed by atoms with van der Waals surface area (Å²) in [6.45, 7) is 3.56. The molecule has 0 aliphatic carbocycles. The fourth-order valence-corrected chi connectivity index (χ4v) is 2.24. The molecule has 2 rings (SSSR count). The van der Waals surface area contributed by atoms with Gasteiger partial charge in [0.15, 0.2) is 0 Å². The van der Waals surface area contributed by atoms with E-state index in [9.17, 15) is 4.79 Å². The van der Waals surface area contributed by atoms with E-state index in [4.69, 9.17) is 11.5 Å². The molecule has 0 saturated heterocycles. The highest BCUT2D eigenvalue weighted by molar-refractivity contribution is 6.04. The Labute approximate surface area is 118 Å². The third-order valence-electron chi connectivity index (χ3n) is 3.11. The summed E-state index contributed by atoms with van der Waals surface area (Å²) in [7, 11) is 0. The number of nitrogens with two attached hydrogens (primary N) is 2. The molecule has 6 nitrogen and oxygen atoms in total. The molecule has 4 N–H and O–H groups in total. The molecule has 0 atom stereocenters. The van der Waals surface area contributed by atoms with E-state index in [0.29, 0.717) is 12.8 Å². The van der Waals surface area contributed by atoms with Gasteiger partial charge in [-0.1, -0.05) is 30.3 Å². The van der Waals surface area contributed by atoms with Crippen molar-refractivity contribution >= 4 is 17.8 Å². The highest BCUT2D eigenvalue weighted by Crippen LogP contribution is 2.21. The molecule has 20 heavy (non-hydrogen) atoms. The molecule has 1 aromatic rings. The number of hydrogen-bond acceptors (Lipinski definition) is 5. The number of carbonyl (C=O) groups is 1. The average Bonchev–Trinajstić information content (AvgIpc) is 2.35. The van der Waals surface area contributed by atoms with Gasteiger partial charge in [0.2, 0.25) is 17.8 Å². The van der Waals surface area contributed by atoms with Gasteiger partial charge in [-0.25, -0.2) is 4.99 Å². The van der Waals surface area contributed by atoms with E-state index in [2.05, 4.69) is 9.98 Å². The van der Waals surface area contributed by atoms with E-state index in [1.165, 1.54) is 4.90 Å². The smallest absolute Gasteiger partial charge is 0.231 e. The van der Waals surface area contributed by atoms with E-state index in [-0.39, 0.29) is 17.8 Å². The Morgan fingerprint density at radius 3 is 2.50 bits per heavy atom. The molecule has 0 fully saturated rings. The second kappa shape index (κ2) is 5.32. The summed E-state index contributed by atoms with van der Waals surface area (Å²) in [5, 5.41) is 0. The zero-order valence-electron chi connectivity index (χ0n) is 11.7. The number of aryl methyl sites for hydroxylation is 1. The second-order valence-electron chi connectivity index (χ2n) is 5.15. The van der Waals surface area contributed by atoms with Crippen molar-refractivity contribution in [1.82, 2.24) is 4.90 Å². The number of rotatable bonds is 3. The van der Waals surface area contributed by atoms with E-state index < -0.39 is 5.66 Å². The first-order chi connectivity index (χ1) is 9.40. The molecule has 0 saturated carbocycles. The lowest BCUT2D eigenvalue weighted by atomic mass is 10.1. The van der Waals surface area contributed by atoms with Crippen LogP contribution in [0, 0.1) is 0 Å². The van der Waals surface area contributed by atoms with Crippen LogP contribution in [-0.4, -0.2) is 28.4 Å². The Morgan fingerprint density at radius 2 is 1.90 bits per heavy atom. The number of guanidine groups is 2. The monoisotopic (exact) mass is 273 g/mol. The van der Waals surface area contributed by atoms with Gasteiger partial charge in [-0.2, -0.15) is 4.99 Å².